The molecule has 3 N–H and O–H groups in total. The van der Waals surface area contributed by atoms with E-state index in [1.165, 1.54) is 5.56 Å². The highest BCUT2D eigenvalue weighted by Gasteiger charge is 2.15. The number of rotatable bonds is 8. The second kappa shape index (κ2) is 10.0. The molecule has 8 heteroatoms. The summed E-state index contributed by atoms with van der Waals surface area (Å²) >= 11 is 0. The number of nitrogens with two attached hydrogens (primary N) is 1. The van der Waals surface area contributed by atoms with E-state index < -0.39 is 0 Å². The average Bonchev–Trinajstić information content (AvgIpc) is 3.52. The first-order valence-electron chi connectivity index (χ1n) is 12.1. The van der Waals surface area contributed by atoms with Gasteiger partial charge < -0.3 is 15.6 Å². The van der Waals surface area contributed by atoms with E-state index in [9.17, 15) is 0 Å². The van der Waals surface area contributed by atoms with Gasteiger partial charge in [0.1, 0.15) is 17.8 Å². The molecule has 5 aromatic rings. The van der Waals surface area contributed by atoms with E-state index >= 15 is 0 Å². The Bertz CT molecular complexity index is 1590. The van der Waals surface area contributed by atoms with Crippen LogP contribution >= 0.6 is 0 Å². The molecule has 36 heavy (non-hydrogen) atoms. The first-order chi connectivity index (χ1) is 17.6. The normalized spacial score (nSPS) is 12.5. The van der Waals surface area contributed by atoms with Gasteiger partial charge in [0.2, 0.25) is 0 Å². The molecule has 0 spiro atoms. The van der Waals surface area contributed by atoms with Gasteiger partial charge >= 0.3 is 0 Å². The van der Waals surface area contributed by atoms with Gasteiger partial charge in [-0.1, -0.05) is 19.1 Å². The van der Waals surface area contributed by atoms with E-state index in [2.05, 4.69) is 73.4 Å². The lowest BCUT2D eigenvalue weighted by Crippen LogP contribution is -1.99. The van der Waals surface area contributed by atoms with E-state index in [-0.39, 0.29) is 0 Å². The SMILES string of the molecule is CC/C(=C\C(=C/N)CCc1ccc2ccc(NC)nc2c1)n1cc(-c2ccn(C)n2)c2cncnc21. The van der Waals surface area contributed by atoms with Gasteiger partial charge in [0.25, 0.3) is 0 Å². The van der Waals surface area contributed by atoms with Crippen LogP contribution in [-0.2, 0) is 13.5 Å². The maximum Gasteiger partial charge on any atom is 0.148 e. The van der Waals surface area contributed by atoms with Crippen LogP contribution in [0.1, 0.15) is 25.3 Å². The Kier molecular flexibility index (Phi) is 6.49. The van der Waals surface area contributed by atoms with Crippen LogP contribution in [0.4, 0.5) is 5.82 Å². The molecule has 0 saturated heterocycles. The lowest BCUT2D eigenvalue weighted by molar-refractivity contribution is 0.771. The molecule has 5 rings (SSSR count). The van der Waals surface area contributed by atoms with Crippen molar-refractivity contribution in [1.29, 1.82) is 0 Å². The fourth-order valence-corrected chi connectivity index (χ4v) is 4.45. The van der Waals surface area contributed by atoms with Gasteiger partial charge in [-0.05, 0) is 66.9 Å². The molecule has 4 heterocycles. The van der Waals surface area contributed by atoms with Gasteiger partial charge in [-0.2, -0.15) is 5.10 Å². The molecule has 0 bridgehead atoms. The number of benzene rings is 1. The number of aromatic nitrogens is 6. The fraction of sp³-hybridized carbons (Fsp3) is 0.214. The fourth-order valence-electron chi connectivity index (χ4n) is 4.45. The molecule has 0 unspecified atom stereocenters. The Morgan fingerprint density at radius 1 is 1.17 bits per heavy atom. The molecule has 0 aliphatic heterocycles. The van der Waals surface area contributed by atoms with Crippen LogP contribution in [0.5, 0.6) is 0 Å². The first-order valence-corrected chi connectivity index (χ1v) is 12.1. The van der Waals surface area contributed by atoms with Crippen molar-refractivity contribution in [2.75, 3.05) is 12.4 Å². The van der Waals surface area contributed by atoms with Crippen LogP contribution < -0.4 is 11.1 Å². The van der Waals surface area contributed by atoms with Gasteiger partial charge in [-0.25, -0.2) is 15.0 Å². The molecule has 182 valence electrons. The zero-order chi connectivity index (χ0) is 25.1. The molecule has 4 aromatic heterocycles. The van der Waals surface area contributed by atoms with Crippen molar-refractivity contribution in [3.63, 3.8) is 0 Å². The van der Waals surface area contributed by atoms with Crippen LogP contribution in [0.25, 0.3) is 38.9 Å². The first kappa shape index (κ1) is 23.3. The highest BCUT2D eigenvalue weighted by atomic mass is 15.2. The van der Waals surface area contributed by atoms with Crippen molar-refractivity contribution in [2.24, 2.45) is 12.8 Å². The number of nitrogens with one attached hydrogen (secondary N) is 1. The van der Waals surface area contributed by atoms with Gasteiger partial charge in [0, 0.05) is 54.7 Å². The molecular weight excluding hydrogens is 448 g/mol. The van der Waals surface area contributed by atoms with Crippen LogP contribution in [0.2, 0.25) is 0 Å². The Morgan fingerprint density at radius 2 is 2.03 bits per heavy atom. The summed E-state index contributed by atoms with van der Waals surface area (Å²) in [7, 11) is 3.80. The van der Waals surface area contributed by atoms with E-state index in [1.807, 2.05) is 38.6 Å². The van der Waals surface area contributed by atoms with Crippen molar-refractivity contribution in [1.82, 2.24) is 29.3 Å². The Hall–Kier alpha value is -4.46. The zero-order valence-electron chi connectivity index (χ0n) is 20.8. The van der Waals surface area contributed by atoms with E-state index in [1.54, 1.807) is 17.2 Å². The zero-order valence-corrected chi connectivity index (χ0v) is 20.8. The third-order valence-electron chi connectivity index (χ3n) is 6.41. The molecule has 1 aromatic carbocycles. The maximum absolute atomic E-state index is 6.08. The summed E-state index contributed by atoms with van der Waals surface area (Å²) in [6.07, 6.45) is 13.8. The van der Waals surface area contributed by atoms with Crippen LogP contribution in [0, 0.1) is 0 Å². The molecule has 0 aliphatic rings. The Balaban J connectivity index is 1.43. The summed E-state index contributed by atoms with van der Waals surface area (Å²) in [5.41, 5.74) is 13.2. The van der Waals surface area contributed by atoms with Gasteiger partial charge in [-0.3, -0.25) is 4.68 Å². The summed E-state index contributed by atoms with van der Waals surface area (Å²) in [5, 5.41) is 9.80. The predicted molar refractivity (Wildman–Crippen MR) is 146 cm³/mol. The van der Waals surface area contributed by atoms with Crippen molar-refractivity contribution < 1.29 is 0 Å². The summed E-state index contributed by atoms with van der Waals surface area (Å²) in [4.78, 5) is 13.5. The van der Waals surface area contributed by atoms with Crippen molar-refractivity contribution in [3.8, 4) is 11.3 Å². The monoisotopic (exact) mass is 478 g/mol. The van der Waals surface area contributed by atoms with Crippen LogP contribution in [0.15, 0.2) is 79.2 Å². The molecule has 0 fully saturated rings. The molecular formula is C28H30N8. The van der Waals surface area contributed by atoms with Crippen LogP contribution in [-0.4, -0.2) is 36.3 Å². The van der Waals surface area contributed by atoms with Gasteiger partial charge in [-0.15, -0.1) is 0 Å². The quantitative estimate of drug-likeness (QED) is 0.299. The van der Waals surface area contributed by atoms with Crippen molar-refractivity contribution in [2.45, 2.75) is 26.2 Å². The van der Waals surface area contributed by atoms with Crippen molar-refractivity contribution in [3.05, 3.63) is 84.7 Å². The Labute approximate surface area is 210 Å². The number of allylic oxidation sites excluding steroid dienone is 3. The number of hydrogen-bond acceptors (Lipinski definition) is 6. The highest BCUT2D eigenvalue weighted by Crippen LogP contribution is 2.31. The number of anilines is 1. The molecule has 0 radical (unpaired) electrons. The van der Waals surface area contributed by atoms with E-state index in [0.717, 1.165) is 69.5 Å². The summed E-state index contributed by atoms with van der Waals surface area (Å²) in [6, 6.07) is 12.5. The minimum absolute atomic E-state index is 0.818. The molecule has 0 aliphatic carbocycles. The summed E-state index contributed by atoms with van der Waals surface area (Å²) < 4.78 is 3.93. The van der Waals surface area contributed by atoms with Crippen LogP contribution in [0.3, 0.4) is 0 Å². The molecule has 0 atom stereocenters. The number of fused-ring (bicyclic) bond motifs is 2. The average molecular weight is 479 g/mol. The lowest BCUT2D eigenvalue weighted by atomic mass is 10.0. The number of aryl methyl sites for hydroxylation is 2. The van der Waals surface area contributed by atoms with Gasteiger partial charge in [0.15, 0.2) is 0 Å². The highest BCUT2D eigenvalue weighted by molar-refractivity contribution is 5.94. The van der Waals surface area contributed by atoms with E-state index in [4.69, 9.17) is 5.73 Å². The second-order valence-corrected chi connectivity index (χ2v) is 8.75. The lowest BCUT2D eigenvalue weighted by Gasteiger charge is -2.10. The third-order valence-corrected chi connectivity index (χ3v) is 6.41. The minimum Gasteiger partial charge on any atom is -0.404 e. The van der Waals surface area contributed by atoms with Crippen molar-refractivity contribution >= 4 is 33.5 Å². The molecule has 0 amide bonds. The van der Waals surface area contributed by atoms with Gasteiger partial charge in [0.05, 0.1) is 11.2 Å². The largest absolute Gasteiger partial charge is 0.404 e. The smallest absolute Gasteiger partial charge is 0.148 e. The number of nitrogens with zero attached hydrogens (tertiary/aromatic N) is 6. The summed E-state index contributed by atoms with van der Waals surface area (Å²) in [6.45, 7) is 2.14. The Morgan fingerprint density at radius 3 is 2.78 bits per heavy atom. The molecule has 8 nitrogen and oxygen atoms in total. The topological polar surface area (TPSA) is 99.5 Å². The molecule has 0 saturated carbocycles. The van der Waals surface area contributed by atoms with E-state index in [0.29, 0.717) is 0 Å². The predicted octanol–water partition coefficient (Wildman–Crippen LogP) is 5.15. The minimum atomic E-state index is 0.818. The third kappa shape index (κ3) is 4.57. The number of pyridine rings is 1. The standard InChI is InChI=1S/C28H30N8/c1-4-22(36-17-24(25-11-12-35(3)34-25)23-16-31-18-32-28(23)36)13-20(15-29)6-5-19-7-8-21-9-10-27(30-2)33-26(21)14-19/h7-18H,4-6,29H2,1-3H3,(H,30,33)/b20-15-,22-13+. The maximum atomic E-state index is 6.08. The second-order valence-electron chi connectivity index (χ2n) is 8.75. The number of hydrogen-bond donors (Lipinski definition) is 2. The summed E-state index contributed by atoms with van der Waals surface area (Å²) in [5.74, 6) is 0.866.